The van der Waals surface area contributed by atoms with E-state index in [1.165, 1.54) is 11.8 Å². The topological polar surface area (TPSA) is 63.6 Å². The molecule has 0 aliphatic carbocycles. The van der Waals surface area contributed by atoms with Gasteiger partial charge in [-0.2, -0.15) is 0 Å². The molecular formula is C27H29N3O3. The van der Waals surface area contributed by atoms with Crippen molar-refractivity contribution in [2.45, 2.75) is 52.7 Å². The van der Waals surface area contributed by atoms with Crippen LogP contribution in [0.1, 0.15) is 57.7 Å². The maximum atomic E-state index is 13.5. The van der Waals surface area contributed by atoms with E-state index >= 15 is 0 Å². The number of imide groups is 1. The van der Waals surface area contributed by atoms with Gasteiger partial charge in [0.1, 0.15) is 5.75 Å². The van der Waals surface area contributed by atoms with Gasteiger partial charge in [0, 0.05) is 41.9 Å². The molecule has 2 aromatic carbocycles. The molecule has 6 nitrogen and oxygen atoms in total. The molecule has 2 aliphatic rings. The number of rotatable bonds is 4. The lowest BCUT2D eigenvalue weighted by Gasteiger charge is -2.20. The van der Waals surface area contributed by atoms with Gasteiger partial charge in [-0.15, -0.1) is 0 Å². The van der Waals surface area contributed by atoms with E-state index in [4.69, 9.17) is 4.74 Å². The largest absolute Gasteiger partial charge is 0.491 e. The molecule has 0 bridgehead atoms. The first-order valence-corrected chi connectivity index (χ1v) is 11.5. The van der Waals surface area contributed by atoms with Crippen molar-refractivity contribution in [1.29, 1.82) is 0 Å². The van der Waals surface area contributed by atoms with E-state index in [9.17, 15) is 9.59 Å². The van der Waals surface area contributed by atoms with Crippen molar-refractivity contribution in [2.24, 2.45) is 0 Å². The Balaban J connectivity index is 1.74. The second-order valence-electron chi connectivity index (χ2n) is 9.38. The number of benzene rings is 2. The van der Waals surface area contributed by atoms with E-state index in [0.29, 0.717) is 5.57 Å². The van der Waals surface area contributed by atoms with Crippen LogP contribution >= 0.6 is 0 Å². The zero-order valence-electron chi connectivity index (χ0n) is 19.7. The van der Waals surface area contributed by atoms with Crippen molar-refractivity contribution >= 4 is 28.4 Å². The van der Waals surface area contributed by atoms with Crippen molar-refractivity contribution in [3.8, 4) is 5.75 Å². The number of nitrogens with zero attached hydrogens (tertiary/aromatic N) is 2. The smallest absolute Gasteiger partial charge is 0.259 e. The number of nitrogens with one attached hydrogen (secondary N) is 1. The highest BCUT2D eigenvalue weighted by atomic mass is 16.5. The number of anilines is 1. The minimum Gasteiger partial charge on any atom is -0.491 e. The van der Waals surface area contributed by atoms with Gasteiger partial charge in [0.25, 0.3) is 5.91 Å². The van der Waals surface area contributed by atoms with E-state index in [0.717, 1.165) is 39.2 Å². The number of carbonyl (C=O) groups excluding carboxylic acids is 2. The summed E-state index contributed by atoms with van der Waals surface area (Å²) >= 11 is 0. The molecule has 0 saturated carbocycles. The van der Waals surface area contributed by atoms with Crippen LogP contribution in [0.3, 0.4) is 0 Å². The third kappa shape index (κ3) is 3.41. The Hall–Kier alpha value is -3.54. The molecule has 3 heterocycles. The summed E-state index contributed by atoms with van der Waals surface area (Å²) in [6.07, 6.45) is 2.25. The third-order valence-electron chi connectivity index (χ3n) is 6.41. The summed E-state index contributed by atoms with van der Waals surface area (Å²) in [7, 11) is 0. The first-order valence-electron chi connectivity index (χ1n) is 11.5. The van der Waals surface area contributed by atoms with Gasteiger partial charge in [-0.3, -0.25) is 14.5 Å². The van der Waals surface area contributed by atoms with Crippen LogP contribution in [0.4, 0.5) is 5.69 Å². The molecule has 33 heavy (non-hydrogen) atoms. The summed E-state index contributed by atoms with van der Waals surface area (Å²) in [4.78, 5) is 27.1. The second kappa shape index (κ2) is 7.80. The van der Waals surface area contributed by atoms with E-state index in [-0.39, 0.29) is 36.4 Å². The van der Waals surface area contributed by atoms with Crippen molar-refractivity contribution < 1.29 is 14.3 Å². The molecule has 3 aromatic rings. The number of amides is 2. The van der Waals surface area contributed by atoms with Gasteiger partial charge in [0.15, 0.2) is 0 Å². The van der Waals surface area contributed by atoms with Gasteiger partial charge in [-0.25, -0.2) is 0 Å². The molecule has 1 aromatic heterocycles. The molecule has 0 spiro atoms. The fourth-order valence-corrected chi connectivity index (χ4v) is 5.02. The summed E-state index contributed by atoms with van der Waals surface area (Å²) in [6.45, 7) is 10.0. The number of ether oxygens (including phenoxy) is 1. The number of hydrogen-bond donors (Lipinski definition) is 1. The van der Waals surface area contributed by atoms with Gasteiger partial charge < -0.3 is 14.6 Å². The number of carbonyl (C=O) groups is 2. The van der Waals surface area contributed by atoms with Crippen molar-refractivity contribution in [2.75, 3.05) is 11.9 Å². The van der Waals surface area contributed by atoms with Crippen LogP contribution in [0.15, 0.2) is 59.9 Å². The maximum Gasteiger partial charge on any atom is 0.259 e. The highest BCUT2D eigenvalue weighted by molar-refractivity contribution is 6.11. The molecule has 0 saturated heterocycles. The Morgan fingerprint density at radius 3 is 2.45 bits per heavy atom. The van der Waals surface area contributed by atoms with Gasteiger partial charge in [-0.05, 0) is 63.1 Å². The van der Waals surface area contributed by atoms with Crippen LogP contribution in [-0.4, -0.2) is 33.9 Å². The van der Waals surface area contributed by atoms with E-state index in [1.807, 2.05) is 50.2 Å². The van der Waals surface area contributed by atoms with Crippen LogP contribution in [0.5, 0.6) is 5.75 Å². The molecule has 5 rings (SSSR count). The molecule has 2 amide bonds. The van der Waals surface area contributed by atoms with Crippen LogP contribution in [0.2, 0.25) is 0 Å². The molecule has 1 atom stereocenters. The van der Waals surface area contributed by atoms with Crippen LogP contribution in [0.25, 0.3) is 10.9 Å². The van der Waals surface area contributed by atoms with Gasteiger partial charge in [-0.1, -0.05) is 18.2 Å². The minimum atomic E-state index is -0.288. The van der Waals surface area contributed by atoms with Gasteiger partial charge in [0.2, 0.25) is 5.91 Å². The Labute approximate surface area is 193 Å². The molecular weight excluding hydrogens is 414 g/mol. The zero-order chi connectivity index (χ0) is 23.4. The van der Waals surface area contributed by atoms with E-state index < -0.39 is 0 Å². The molecule has 6 heteroatoms. The Kier molecular flexibility index (Phi) is 5.04. The SMILES string of the molecule is CC(=O)N1CC2=C(C1=O)[C@H](c1ccc(OC(C)C)cc1)c1cn(C(C)C)c3cccc(c13)N2. The number of hydrogen-bond acceptors (Lipinski definition) is 4. The van der Waals surface area contributed by atoms with E-state index in [1.54, 1.807) is 0 Å². The summed E-state index contributed by atoms with van der Waals surface area (Å²) < 4.78 is 8.10. The van der Waals surface area contributed by atoms with Crippen molar-refractivity contribution in [3.05, 3.63) is 71.1 Å². The highest BCUT2D eigenvalue weighted by Gasteiger charge is 2.41. The first kappa shape index (κ1) is 21.3. The molecule has 0 radical (unpaired) electrons. The van der Waals surface area contributed by atoms with Crippen LogP contribution in [-0.2, 0) is 9.59 Å². The minimum absolute atomic E-state index is 0.0827. The normalized spacial score (nSPS) is 17.6. The lowest BCUT2D eigenvalue weighted by atomic mass is 9.84. The lowest BCUT2D eigenvalue weighted by molar-refractivity contribution is -0.139. The third-order valence-corrected chi connectivity index (χ3v) is 6.41. The van der Waals surface area contributed by atoms with E-state index in [2.05, 4.69) is 36.0 Å². The second-order valence-corrected chi connectivity index (χ2v) is 9.38. The summed E-state index contributed by atoms with van der Waals surface area (Å²) in [5.74, 6) is 0.0370. The predicted molar refractivity (Wildman–Crippen MR) is 129 cm³/mol. The fraction of sp³-hybridized carbons (Fsp3) is 0.333. The van der Waals surface area contributed by atoms with Crippen LogP contribution < -0.4 is 10.1 Å². The number of aromatic nitrogens is 1. The Bertz CT molecular complexity index is 1300. The van der Waals surface area contributed by atoms with Crippen molar-refractivity contribution in [1.82, 2.24) is 9.47 Å². The van der Waals surface area contributed by atoms with Crippen LogP contribution in [0, 0.1) is 0 Å². The molecule has 0 fully saturated rings. The monoisotopic (exact) mass is 443 g/mol. The quantitative estimate of drug-likeness (QED) is 0.601. The average molecular weight is 444 g/mol. The molecule has 0 unspecified atom stereocenters. The van der Waals surface area contributed by atoms with Gasteiger partial charge in [0.05, 0.1) is 23.7 Å². The summed E-state index contributed by atoms with van der Waals surface area (Å²) in [5, 5.41) is 4.64. The maximum absolute atomic E-state index is 13.5. The summed E-state index contributed by atoms with van der Waals surface area (Å²) in [6, 6.07) is 14.4. The summed E-state index contributed by atoms with van der Waals surface area (Å²) in [5.41, 5.74) is 5.60. The van der Waals surface area contributed by atoms with Gasteiger partial charge >= 0.3 is 0 Å². The standard InChI is InChI=1S/C27H29N3O3/c1-15(2)29-13-20-24(18-9-11-19(12-10-18)33-16(3)4)26-22(14-30(17(5)31)27(26)32)28-21-7-6-8-23(29)25(20)21/h6-13,15-16,24,28H,14H2,1-5H3/t24-/m1/s1. The molecule has 1 N–H and O–H groups in total. The first-order chi connectivity index (χ1) is 15.8. The van der Waals surface area contributed by atoms with Crippen molar-refractivity contribution in [3.63, 3.8) is 0 Å². The fourth-order valence-electron chi connectivity index (χ4n) is 5.02. The Morgan fingerprint density at radius 1 is 1.09 bits per heavy atom. The predicted octanol–water partition coefficient (Wildman–Crippen LogP) is 5.21. The Morgan fingerprint density at radius 2 is 1.82 bits per heavy atom. The zero-order valence-corrected chi connectivity index (χ0v) is 19.7. The average Bonchev–Trinajstić information content (AvgIpc) is 3.25. The highest BCUT2D eigenvalue weighted by Crippen LogP contribution is 2.47. The molecule has 2 aliphatic heterocycles. The lowest BCUT2D eigenvalue weighted by Crippen LogP contribution is -2.33. The molecule has 170 valence electrons.